The Bertz CT molecular complexity index is 237. The van der Waals surface area contributed by atoms with Crippen LogP contribution in [0.5, 0.6) is 0 Å². The highest BCUT2D eigenvalue weighted by atomic mass is 16.3. The number of nitrogens with zero attached hydrogens (tertiary/aromatic N) is 1. The van der Waals surface area contributed by atoms with Gasteiger partial charge in [0.05, 0.1) is 11.8 Å². The Kier molecular flexibility index (Phi) is 2.91. The third-order valence-electron chi connectivity index (χ3n) is 1.82. The summed E-state index contributed by atoms with van der Waals surface area (Å²) in [5.74, 6) is 0.0359. The molecule has 0 atom stereocenters. The van der Waals surface area contributed by atoms with Gasteiger partial charge < -0.3 is 9.32 Å². The minimum absolute atomic E-state index is 0.0359. The molecule has 0 aliphatic rings. The summed E-state index contributed by atoms with van der Waals surface area (Å²) in [6, 6.07) is 1.68. The molecule has 0 aliphatic carbocycles. The maximum absolute atomic E-state index is 11.5. The normalized spacial score (nSPS) is 9.83. The van der Waals surface area contributed by atoms with Gasteiger partial charge in [-0.2, -0.15) is 0 Å². The fourth-order valence-corrected chi connectivity index (χ4v) is 1.08. The highest BCUT2D eigenvalue weighted by molar-refractivity contribution is 5.93. The molecule has 0 saturated heterocycles. The van der Waals surface area contributed by atoms with Crippen molar-refractivity contribution < 1.29 is 9.21 Å². The van der Waals surface area contributed by atoms with Crippen LogP contribution in [0.2, 0.25) is 0 Å². The summed E-state index contributed by atoms with van der Waals surface area (Å²) in [5.41, 5.74) is 0.624. The Morgan fingerprint density at radius 1 is 1.50 bits per heavy atom. The van der Waals surface area contributed by atoms with Crippen molar-refractivity contribution in [3.63, 3.8) is 0 Å². The average Bonchev–Trinajstić information content (AvgIpc) is 2.58. The van der Waals surface area contributed by atoms with Gasteiger partial charge in [0.25, 0.3) is 5.91 Å². The van der Waals surface area contributed by atoms with Crippen molar-refractivity contribution in [1.29, 1.82) is 0 Å². The second kappa shape index (κ2) is 3.95. The van der Waals surface area contributed by atoms with Gasteiger partial charge in [0, 0.05) is 13.1 Å². The van der Waals surface area contributed by atoms with Crippen LogP contribution in [0.4, 0.5) is 0 Å². The highest BCUT2D eigenvalue weighted by Gasteiger charge is 2.12. The third kappa shape index (κ3) is 1.67. The summed E-state index contributed by atoms with van der Waals surface area (Å²) in [7, 11) is 0. The van der Waals surface area contributed by atoms with E-state index in [0.717, 1.165) is 13.1 Å². The van der Waals surface area contributed by atoms with Crippen molar-refractivity contribution in [1.82, 2.24) is 4.90 Å². The number of carbonyl (C=O) groups is 1. The van der Waals surface area contributed by atoms with E-state index < -0.39 is 0 Å². The van der Waals surface area contributed by atoms with Gasteiger partial charge in [-0.1, -0.05) is 0 Å². The Balaban J connectivity index is 2.70. The fourth-order valence-electron chi connectivity index (χ4n) is 1.08. The smallest absolute Gasteiger partial charge is 0.257 e. The molecule has 1 heterocycles. The van der Waals surface area contributed by atoms with Crippen molar-refractivity contribution in [2.45, 2.75) is 13.8 Å². The highest BCUT2D eigenvalue weighted by Crippen LogP contribution is 2.04. The molecule has 0 N–H and O–H groups in total. The van der Waals surface area contributed by atoms with E-state index in [0.29, 0.717) is 5.56 Å². The topological polar surface area (TPSA) is 33.5 Å². The lowest BCUT2D eigenvalue weighted by Gasteiger charge is -2.16. The molecule has 0 saturated carbocycles. The first-order valence-corrected chi connectivity index (χ1v) is 4.11. The van der Waals surface area contributed by atoms with E-state index in [1.165, 1.54) is 12.5 Å². The summed E-state index contributed by atoms with van der Waals surface area (Å²) < 4.78 is 4.83. The van der Waals surface area contributed by atoms with Crippen LogP contribution in [-0.4, -0.2) is 23.9 Å². The second-order valence-corrected chi connectivity index (χ2v) is 2.49. The van der Waals surface area contributed by atoms with E-state index in [1.807, 2.05) is 13.8 Å². The molecule has 0 aliphatic heterocycles. The van der Waals surface area contributed by atoms with E-state index in [2.05, 4.69) is 0 Å². The first kappa shape index (κ1) is 8.84. The molecular formula is C9H13NO2. The fraction of sp³-hybridized carbons (Fsp3) is 0.444. The lowest BCUT2D eigenvalue weighted by Crippen LogP contribution is -2.30. The number of amides is 1. The van der Waals surface area contributed by atoms with E-state index in [-0.39, 0.29) is 5.91 Å². The van der Waals surface area contributed by atoms with E-state index in [9.17, 15) is 4.79 Å². The van der Waals surface area contributed by atoms with Crippen LogP contribution in [0.3, 0.4) is 0 Å². The number of hydrogen-bond donors (Lipinski definition) is 0. The quantitative estimate of drug-likeness (QED) is 0.687. The first-order chi connectivity index (χ1) is 5.79. The van der Waals surface area contributed by atoms with Gasteiger partial charge in [0.2, 0.25) is 0 Å². The number of furan rings is 1. The Labute approximate surface area is 72.0 Å². The Hall–Kier alpha value is -1.25. The zero-order valence-electron chi connectivity index (χ0n) is 7.41. The largest absolute Gasteiger partial charge is 0.472 e. The first-order valence-electron chi connectivity index (χ1n) is 4.11. The molecule has 1 aromatic heterocycles. The standard InChI is InChI=1S/C9H13NO2/c1-3-10(4-2)9(11)8-5-6-12-7-8/h5-7H,3-4H2,1-2H3. The minimum Gasteiger partial charge on any atom is -0.472 e. The molecule has 0 aromatic carbocycles. The van der Waals surface area contributed by atoms with Crippen molar-refractivity contribution in [3.05, 3.63) is 24.2 Å². The maximum atomic E-state index is 11.5. The van der Waals surface area contributed by atoms with Crippen molar-refractivity contribution in [2.24, 2.45) is 0 Å². The zero-order valence-corrected chi connectivity index (χ0v) is 7.41. The Morgan fingerprint density at radius 2 is 2.17 bits per heavy atom. The summed E-state index contributed by atoms with van der Waals surface area (Å²) in [5, 5.41) is 0. The number of carbonyl (C=O) groups excluding carboxylic acids is 1. The summed E-state index contributed by atoms with van der Waals surface area (Å²) >= 11 is 0. The van der Waals surface area contributed by atoms with Gasteiger partial charge in [-0.3, -0.25) is 4.79 Å². The van der Waals surface area contributed by atoms with E-state index in [4.69, 9.17) is 4.42 Å². The van der Waals surface area contributed by atoms with E-state index in [1.54, 1.807) is 11.0 Å². The average molecular weight is 167 g/mol. The molecule has 1 rings (SSSR count). The monoisotopic (exact) mass is 167 g/mol. The van der Waals surface area contributed by atoms with Gasteiger partial charge in [-0.25, -0.2) is 0 Å². The zero-order chi connectivity index (χ0) is 8.97. The molecule has 1 amide bonds. The van der Waals surface area contributed by atoms with Gasteiger partial charge in [-0.05, 0) is 19.9 Å². The molecular weight excluding hydrogens is 154 g/mol. The molecule has 12 heavy (non-hydrogen) atoms. The van der Waals surface area contributed by atoms with Crippen LogP contribution in [0.25, 0.3) is 0 Å². The molecule has 66 valence electrons. The second-order valence-electron chi connectivity index (χ2n) is 2.49. The van der Waals surface area contributed by atoms with Gasteiger partial charge in [0.15, 0.2) is 0 Å². The molecule has 0 radical (unpaired) electrons. The molecule has 0 fully saturated rings. The minimum atomic E-state index is 0.0359. The molecule has 0 spiro atoms. The van der Waals surface area contributed by atoms with Gasteiger partial charge in [0.1, 0.15) is 6.26 Å². The van der Waals surface area contributed by atoms with Gasteiger partial charge in [-0.15, -0.1) is 0 Å². The summed E-state index contributed by atoms with van der Waals surface area (Å²) in [6.07, 6.45) is 2.98. The van der Waals surface area contributed by atoms with Crippen molar-refractivity contribution in [3.8, 4) is 0 Å². The van der Waals surface area contributed by atoms with Crippen molar-refractivity contribution >= 4 is 5.91 Å². The molecule has 3 heteroatoms. The van der Waals surface area contributed by atoms with Crippen molar-refractivity contribution in [2.75, 3.05) is 13.1 Å². The van der Waals surface area contributed by atoms with E-state index >= 15 is 0 Å². The molecule has 1 aromatic rings. The summed E-state index contributed by atoms with van der Waals surface area (Å²) in [6.45, 7) is 5.39. The number of rotatable bonds is 3. The molecule has 3 nitrogen and oxygen atoms in total. The molecule has 0 unspecified atom stereocenters. The number of hydrogen-bond acceptors (Lipinski definition) is 2. The lowest BCUT2D eigenvalue weighted by molar-refractivity contribution is 0.0772. The van der Waals surface area contributed by atoms with Crippen LogP contribution in [0.15, 0.2) is 23.0 Å². The van der Waals surface area contributed by atoms with Crippen LogP contribution in [0, 0.1) is 0 Å². The van der Waals surface area contributed by atoms with Crippen LogP contribution in [-0.2, 0) is 0 Å². The Morgan fingerprint density at radius 3 is 2.58 bits per heavy atom. The predicted molar refractivity (Wildman–Crippen MR) is 46.0 cm³/mol. The SMILES string of the molecule is CCN(CC)C(=O)c1ccoc1. The maximum Gasteiger partial charge on any atom is 0.257 e. The van der Waals surface area contributed by atoms with Crippen LogP contribution < -0.4 is 0 Å². The van der Waals surface area contributed by atoms with Crippen LogP contribution >= 0.6 is 0 Å². The van der Waals surface area contributed by atoms with Crippen LogP contribution in [0.1, 0.15) is 24.2 Å². The summed E-state index contributed by atoms with van der Waals surface area (Å²) in [4.78, 5) is 13.3. The lowest BCUT2D eigenvalue weighted by atomic mass is 10.3. The van der Waals surface area contributed by atoms with Gasteiger partial charge >= 0.3 is 0 Å². The third-order valence-corrected chi connectivity index (χ3v) is 1.82. The predicted octanol–water partition coefficient (Wildman–Crippen LogP) is 1.76. The molecule has 0 bridgehead atoms.